The molecule has 0 atom stereocenters. The van der Waals surface area contributed by atoms with Crippen molar-refractivity contribution >= 4 is 10.0 Å². The second-order valence-electron chi connectivity index (χ2n) is 6.32. The Hall–Kier alpha value is -2.16. The highest BCUT2D eigenvalue weighted by atomic mass is 32.2. The van der Waals surface area contributed by atoms with Gasteiger partial charge in [0, 0.05) is 12.0 Å². The maximum absolute atomic E-state index is 12.6. The van der Waals surface area contributed by atoms with Gasteiger partial charge in [0.15, 0.2) is 0 Å². The third kappa shape index (κ3) is 3.35. The molecule has 3 rings (SSSR count). The molecular weight excluding hydrogens is 320 g/mol. The molecule has 0 amide bonds. The smallest absolute Gasteiger partial charge is 0.210 e. The van der Waals surface area contributed by atoms with Gasteiger partial charge in [-0.1, -0.05) is 49.2 Å². The number of rotatable bonds is 5. The van der Waals surface area contributed by atoms with Gasteiger partial charge in [-0.2, -0.15) is 5.26 Å². The van der Waals surface area contributed by atoms with E-state index < -0.39 is 10.0 Å². The van der Waals surface area contributed by atoms with E-state index in [1.807, 2.05) is 24.3 Å². The van der Waals surface area contributed by atoms with Crippen LogP contribution in [0.15, 0.2) is 59.5 Å². The monoisotopic (exact) mass is 340 g/mol. The van der Waals surface area contributed by atoms with Crippen LogP contribution in [0, 0.1) is 11.3 Å². The van der Waals surface area contributed by atoms with Gasteiger partial charge < -0.3 is 0 Å². The Morgan fingerprint density at radius 2 is 1.75 bits per heavy atom. The molecule has 0 saturated heterocycles. The lowest BCUT2D eigenvalue weighted by Crippen LogP contribution is -2.39. The van der Waals surface area contributed by atoms with Crippen LogP contribution >= 0.6 is 0 Å². The summed E-state index contributed by atoms with van der Waals surface area (Å²) in [6, 6.07) is 18.2. The molecule has 1 aliphatic rings. The highest BCUT2D eigenvalue weighted by molar-refractivity contribution is 7.89. The summed E-state index contributed by atoms with van der Waals surface area (Å²) in [6.45, 7) is 0.385. The molecular formula is C19H20N2O2S. The third-order valence-corrected chi connectivity index (χ3v) is 6.22. The fraction of sp³-hybridized carbons (Fsp3) is 0.316. The molecule has 0 heterocycles. The molecule has 0 spiro atoms. The van der Waals surface area contributed by atoms with E-state index >= 15 is 0 Å². The van der Waals surface area contributed by atoms with Crippen LogP contribution in [0.4, 0.5) is 0 Å². The average molecular weight is 340 g/mol. The summed E-state index contributed by atoms with van der Waals surface area (Å²) in [7, 11) is -3.63. The Balaban J connectivity index is 1.83. The van der Waals surface area contributed by atoms with Gasteiger partial charge >= 0.3 is 0 Å². The molecule has 0 bridgehead atoms. The lowest BCUT2D eigenvalue weighted by molar-refractivity contribution is 0.432. The van der Waals surface area contributed by atoms with Crippen LogP contribution in [-0.2, 0) is 15.4 Å². The SMILES string of the molecule is N#Cc1cccc(S(=O)(=O)NCC2(c3ccccc3)CCCC2)c1. The van der Waals surface area contributed by atoms with Crippen molar-refractivity contribution in [1.82, 2.24) is 4.72 Å². The molecule has 4 nitrogen and oxygen atoms in total. The van der Waals surface area contributed by atoms with Crippen molar-refractivity contribution in [2.75, 3.05) is 6.54 Å². The number of nitrogens with one attached hydrogen (secondary N) is 1. The minimum Gasteiger partial charge on any atom is -0.210 e. The van der Waals surface area contributed by atoms with Crippen molar-refractivity contribution in [3.63, 3.8) is 0 Å². The number of nitrogens with zero attached hydrogens (tertiary/aromatic N) is 1. The summed E-state index contributed by atoms with van der Waals surface area (Å²) < 4.78 is 28.0. The number of nitriles is 1. The van der Waals surface area contributed by atoms with Crippen molar-refractivity contribution in [3.05, 3.63) is 65.7 Å². The summed E-state index contributed by atoms with van der Waals surface area (Å²) in [5, 5.41) is 8.95. The zero-order chi connectivity index (χ0) is 17.0. The van der Waals surface area contributed by atoms with Crippen LogP contribution in [0.3, 0.4) is 0 Å². The van der Waals surface area contributed by atoms with Gasteiger partial charge in [0.1, 0.15) is 0 Å². The van der Waals surface area contributed by atoms with Crippen LogP contribution in [-0.4, -0.2) is 15.0 Å². The van der Waals surface area contributed by atoms with Crippen molar-refractivity contribution in [1.29, 1.82) is 5.26 Å². The van der Waals surface area contributed by atoms with E-state index in [4.69, 9.17) is 5.26 Å². The topological polar surface area (TPSA) is 70.0 Å². The molecule has 24 heavy (non-hydrogen) atoms. The molecule has 1 N–H and O–H groups in total. The average Bonchev–Trinajstić information content (AvgIpc) is 3.11. The van der Waals surface area contributed by atoms with Crippen molar-refractivity contribution in [2.45, 2.75) is 36.0 Å². The maximum Gasteiger partial charge on any atom is 0.240 e. The van der Waals surface area contributed by atoms with Gasteiger partial charge in [0.05, 0.1) is 16.5 Å². The molecule has 5 heteroatoms. The van der Waals surface area contributed by atoms with Crippen LogP contribution in [0.5, 0.6) is 0 Å². The number of benzene rings is 2. The van der Waals surface area contributed by atoms with Crippen LogP contribution in [0.1, 0.15) is 36.8 Å². The predicted octanol–water partition coefficient (Wildman–Crippen LogP) is 3.35. The Morgan fingerprint density at radius 3 is 2.42 bits per heavy atom. The Morgan fingerprint density at radius 1 is 1.04 bits per heavy atom. The van der Waals surface area contributed by atoms with E-state index in [1.165, 1.54) is 17.7 Å². The van der Waals surface area contributed by atoms with E-state index in [0.29, 0.717) is 12.1 Å². The molecule has 1 aliphatic carbocycles. The second-order valence-corrected chi connectivity index (χ2v) is 8.08. The lowest BCUT2D eigenvalue weighted by atomic mass is 9.79. The molecule has 1 fully saturated rings. The largest absolute Gasteiger partial charge is 0.240 e. The summed E-state index contributed by atoms with van der Waals surface area (Å²) in [6.07, 6.45) is 4.19. The molecule has 2 aromatic rings. The van der Waals surface area contributed by atoms with E-state index in [1.54, 1.807) is 12.1 Å². The van der Waals surface area contributed by atoms with Crippen molar-refractivity contribution < 1.29 is 8.42 Å². The maximum atomic E-state index is 12.6. The second kappa shape index (κ2) is 6.76. The molecule has 2 aromatic carbocycles. The zero-order valence-electron chi connectivity index (χ0n) is 13.4. The summed E-state index contributed by atoms with van der Waals surface area (Å²) in [5.74, 6) is 0. The highest BCUT2D eigenvalue weighted by Crippen LogP contribution is 2.40. The van der Waals surface area contributed by atoms with E-state index in [0.717, 1.165) is 25.7 Å². The number of hydrogen-bond donors (Lipinski definition) is 1. The van der Waals surface area contributed by atoms with Gasteiger partial charge in [0.25, 0.3) is 0 Å². The quantitative estimate of drug-likeness (QED) is 0.907. The lowest BCUT2D eigenvalue weighted by Gasteiger charge is -2.30. The van der Waals surface area contributed by atoms with E-state index in [-0.39, 0.29) is 10.3 Å². The van der Waals surface area contributed by atoms with Crippen LogP contribution in [0.2, 0.25) is 0 Å². The fourth-order valence-electron chi connectivity index (χ4n) is 3.46. The number of sulfonamides is 1. The van der Waals surface area contributed by atoms with Gasteiger partial charge in [-0.15, -0.1) is 0 Å². The normalized spacial score (nSPS) is 16.6. The molecule has 0 unspecified atom stereocenters. The van der Waals surface area contributed by atoms with Gasteiger partial charge in [-0.25, -0.2) is 13.1 Å². The first kappa shape index (κ1) is 16.7. The van der Waals surface area contributed by atoms with Gasteiger partial charge in [0.2, 0.25) is 10.0 Å². The molecule has 0 aromatic heterocycles. The summed E-state index contributed by atoms with van der Waals surface area (Å²) >= 11 is 0. The highest BCUT2D eigenvalue weighted by Gasteiger charge is 2.36. The van der Waals surface area contributed by atoms with Gasteiger partial charge in [-0.3, -0.25) is 0 Å². The minimum atomic E-state index is -3.63. The first-order valence-corrected chi connectivity index (χ1v) is 9.59. The van der Waals surface area contributed by atoms with E-state index in [9.17, 15) is 8.42 Å². The Bertz CT molecular complexity index is 848. The zero-order valence-corrected chi connectivity index (χ0v) is 14.2. The van der Waals surface area contributed by atoms with Crippen molar-refractivity contribution in [2.24, 2.45) is 0 Å². The number of hydrogen-bond acceptors (Lipinski definition) is 3. The first-order chi connectivity index (χ1) is 11.6. The van der Waals surface area contributed by atoms with Crippen molar-refractivity contribution in [3.8, 4) is 6.07 Å². The summed E-state index contributed by atoms with van der Waals surface area (Å²) in [4.78, 5) is 0.141. The molecule has 0 aliphatic heterocycles. The predicted molar refractivity (Wildman–Crippen MR) is 92.9 cm³/mol. The first-order valence-electron chi connectivity index (χ1n) is 8.11. The minimum absolute atomic E-state index is 0.138. The standard InChI is InChI=1S/C19H20N2O2S/c20-14-16-7-6-10-18(13-16)24(22,23)21-15-19(11-4-5-12-19)17-8-2-1-3-9-17/h1-3,6-10,13,21H,4-5,11-12,15H2. The Labute approximate surface area is 143 Å². The molecule has 124 valence electrons. The summed E-state index contributed by atoms with van der Waals surface area (Å²) in [5.41, 5.74) is 1.40. The van der Waals surface area contributed by atoms with Crippen LogP contribution in [0.25, 0.3) is 0 Å². The van der Waals surface area contributed by atoms with Crippen LogP contribution < -0.4 is 4.72 Å². The molecule has 0 radical (unpaired) electrons. The molecule has 1 saturated carbocycles. The Kier molecular flexibility index (Phi) is 4.70. The third-order valence-electron chi connectivity index (χ3n) is 4.82. The van der Waals surface area contributed by atoms with E-state index in [2.05, 4.69) is 16.9 Å². The van der Waals surface area contributed by atoms with Gasteiger partial charge in [-0.05, 0) is 36.6 Å². The fourth-order valence-corrected chi connectivity index (χ4v) is 4.63.